The van der Waals surface area contributed by atoms with Crippen molar-refractivity contribution in [3.8, 4) is 0 Å². The van der Waals surface area contributed by atoms with Crippen LogP contribution in [0.15, 0.2) is 28.7 Å². The van der Waals surface area contributed by atoms with Crippen LogP contribution in [-0.4, -0.2) is 29.1 Å². The van der Waals surface area contributed by atoms with Crippen LogP contribution >= 0.6 is 0 Å². The quantitative estimate of drug-likeness (QED) is 0.813. The molecule has 2 N–H and O–H groups in total. The van der Waals surface area contributed by atoms with Crippen molar-refractivity contribution in [3.63, 3.8) is 0 Å². The van der Waals surface area contributed by atoms with Gasteiger partial charge in [-0.25, -0.2) is 4.79 Å². The molecule has 2 rings (SSSR count). The number of benzene rings is 1. The summed E-state index contributed by atoms with van der Waals surface area (Å²) in [7, 11) is 1.30. The molecule has 0 aliphatic rings. The topological polar surface area (TPSA) is 102 Å². The van der Waals surface area contributed by atoms with Gasteiger partial charge in [0.1, 0.15) is 12.2 Å². The first-order chi connectivity index (χ1) is 9.99. The van der Waals surface area contributed by atoms with Crippen molar-refractivity contribution < 1.29 is 23.8 Å². The molecule has 7 heteroatoms. The molecule has 0 atom stereocenters. The first-order valence-corrected chi connectivity index (χ1v) is 6.13. The van der Waals surface area contributed by atoms with Crippen molar-refractivity contribution in [1.29, 1.82) is 0 Å². The van der Waals surface area contributed by atoms with Gasteiger partial charge in [-0.3, -0.25) is 4.79 Å². The lowest BCUT2D eigenvalue weighted by molar-refractivity contribution is -0.136. The van der Waals surface area contributed by atoms with Crippen LogP contribution < -0.4 is 5.32 Å². The van der Waals surface area contributed by atoms with E-state index in [1.54, 1.807) is 31.2 Å². The maximum atomic E-state index is 11.4. The predicted molar refractivity (Wildman–Crippen MR) is 73.6 cm³/mol. The number of carboxylic acid groups (broad SMARTS) is 1. The van der Waals surface area contributed by atoms with Crippen LogP contribution in [0, 0.1) is 6.92 Å². The van der Waals surface area contributed by atoms with Crippen LogP contribution in [0.4, 0.5) is 11.7 Å². The monoisotopic (exact) mass is 290 g/mol. The molecule has 0 unspecified atom stereocenters. The molecular weight excluding hydrogens is 276 g/mol. The van der Waals surface area contributed by atoms with Gasteiger partial charge in [0.2, 0.25) is 0 Å². The Kier molecular flexibility index (Phi) is 4.22. The zero-order chi connectivity index (χ0) is 15.4. The minimum absolute atomic E-state index is 0.172. The van der Waals surface area contributed by atoms with Crippen molar-refractivity contribution in [2.24, 2.45) is 0 Å². The second kappa shape index (κ2) is 6.08. The number of nitrogens with zero attached hydrogens (tertiary/aromatic N) is 1. The lowest BCUT2D eigenvalue weighted by Gasteiger charge is -2.04. The van der Waals surface area contributed by atoms with Gasteiger partial charge in [-0.15, -0.1) is 0 Å². The highest BCUT2D eigenvalue weighted by Gasteiger charge is 2.13. The number of rotatable bonds is 5. The number of hydrogen-bond donors (Lipinski definition) is 2. The molecule has 0 aliphatic heterocycles. The SMILES string of the molecule is COC(=O)c1cccc(Nc2nc(C)c(CC(=O)O)o2)c1. The normalized spacial score (nSPS) is 10.2. The number of aromatic nitrogens is 1. The van der Waals surface area contributed by atoms with E-state index < -0.39 is 11.9 Å². The van der Waals surface area contributed by atoms with Crippen molar-refractivity contribution in [2.45, 2.75) is 13.3 Å². The van der Waals surface area contributed by atoms with E-state index in [0.29, 0.717) is 16.9 Å². The molecule has 0 bridgehead atoms. The average molecular weight is 290 g/mol. The van der Waals surface area contributed by atoms with Crippen LogP contribution in [0.5, 0.6) is 0 Å². The van der Waals surface area contributed by atoms with Crippen molar-refractivity contribution in [3.05, 3.63) is 41.3 Å². The van der Waals surface area contributed by atoms with Gasteiger partial charge >= 0.3 is 11.9 Å². The molecule has 0 amide bonds. The van der Waals surface area contributed by atoms with Crippen LogP contribution in [0.1, 0.15) is 21.8 Å². The molecule has 0 spiro atoms. The van der Waals surface area contributed by atoms with E-state index in [9.17, 15) is 9.59 Å². The largest absolute Gasteiger partial charge is 0.481 e. The molecule has 1 aromatic heterocycles. The zero-order valence-electron chi connectivity index (χ0n) is 11.5. The molecule has 0 fully saturated rings. The summed E-state index contributed by atoms with van der Waals surface area (Å²) in [6, 6.07) is 6.78. The summed E-state index contributed by atoms with van der Waals surface area (Å²) in [6.45, 7) is 1.66. The summed E-state index contributed by atoms with van der Waals surface area (Å²) >= 11 is 0. The van der Waals surface area contributed by atoms with E-state index in [-0.39, 0.29) is 18.2 Å². The van der Waals surface area contributed by atoms with E-state index in [2.05, 4.69) is 15.0 Å². The Morgan fingerprint density at radius 1 is 1.43 bits per heavy atom. The van der Waals surface area contributed by atoms with Crippen LogP contribution in [0.25, 0.3) is 0 Å². The van der Waals surface area contributed by atoms with Crippen LogP contribution in [0.3, 0.4) is 0 Å². The third-order valence-corrected chi connectivity index (χ3v) is 2.74. The summed E-state index contributed by atoms with van der Waals surface area (Å²) in [6.07, 6.45) is -0.233. The number of hydrogen-bond acceptors (Lipinski definition) is 6. The third-order valence-electron chi connectivity index (χ3n) is 2.74. The molecule has 1 aromatic carbocycles. The Bertz CT molecular complexity index is 678. The van der Waals surface area contributed by atoms with E-state index in [1.807, 2.05) is 0 Å². The molecule has 0 saturated carbocycles. The molecule has 2 aromatic rings. The molecule has 110 valence electrons. The number of anilines is 2. The fraction of sp³-hybridized carbons (Fsp3) is 0.214. The number of carboxylic acids is 1. The molecule has 7 nitrogen and oxygen atoms in total. The minimum Gasteiger partial charge on any atom is -0.481 e. The zero-order valence-corrected chi connectivity index (χ0v) is 11.5. The molecule has 0 saturated heterocycles. The van der Waals surface area contributed by atoms with Gasteiger partial charge in [-0.2, -0.15) is 4.98 Å². The number of carbonyl (C=O) groups is 2. The maximum absolute atomic E-state index is 11.4. The number of carbonyl (C=O) groups excluding carboxylic acids is 1. The number of nitrogens with one attached hydrogen (secondary N) is 1. The first kappa shape index (κ1) is 14.6. The average Bonchev–Trinajstić information content (AvgIpc) is 2.77. The van der Waals surface area contributed by atoms with Crippen LogP contribution in [-0.2, 0) is 16.0 Å². The summed E-state index contributed by atoms with van der Waals surface area (Å²) in [5, 5.41) is 11.6. The summed E-state index contributed by atoms with van der Waals surface area (Å²) in [5.41, 5.74) is 1.47. The highest BCUT2D eigenvalue weighted by molar-refractivity contribution is 5.90. The van der Waals surface area contributed by atoms with Gasteiger partial charge in [0, 0.05) is 5.69 Å². The number of oxazole rings is 1. The van der Waals surface area contributed by atoms with Crippen molar-refractivity contribution in [1.82, 2.24) is 4.98 Å². The number of ether oxygens (including phenoxy) is 1. The molecular formula is C14H14N2O5. The fourth-order valence-electron chi connectivity index (χ4n) is 1.75. The lowest BCUT2D eigenvalue weighted by atomic mass is 10.2. The summed E-state index contributed by atoms with van der Waals surface area (Å²) in [5.74, 6) is -1.16. The summed E-state index contributed by atoms with van der Waals surface area (Å²) in [4.78, 5) is 26.2. The molecule has 21 heavy (non-hydrogen) atoms. The predicted octanol–water partition coefficient (Wildman–Crippen LogP) is 2.14. The van der Waals surface area contributed by atoms with E-state index in [0.717, 1.165) is 0 Å². The number of esters is 1. The Morgan fingerprint density at radius 2 is 2.19 bits per heavy atom. The smallest absolute Gasteiger partial charge is 0.337 e. The number of aryl methyl sites for hydroxylation is 1. The standard InChI is InChI=1S/C14H14N2O5/c1-8-11(7-12(17)18)21-14(15-8)16-10-5-3-4-9(6-10)13(19)20-2/h3-6H,7H2,1-2H3,(H,15,16)(H,17,18). The van der Waals surface area contributed by atoms with Gasteiger partial charge in [0.25, 0.3) is 6.01 Å². The van der Waals surface area contributed by atoms with E-state index in [4.69, 9.17) is 9.52 Å². The lowest BCUT2D eigenvalue weighted by Crippen LogP contribution is -2.01. The Morgan fingerprint density at radius 3 is 2.86 bits per heavy atom. The second-order valence-corrected chi connectivity index (χ2v) is 4.30. The van der Waals surface area contributed by atoms with E-state index >= 15 is 0 Å². The summed E-state index contributed by atoms with van der Waals surface area (Å²) < 4.78 is 9.97. The van der Waals surface area contributed by atoms with Gasteiger partial charge in [-0.05, 0) is 25.1 Å². The fourth-order valence-corrected chi connectivity index (χ4v) is 1.75. The maximum Gasteiger partial charge on any atom is 0.337 e. The highest BCUT2D eigenvalue weighted by atomic mass is 16.5. The van der Waals surface area contributed by atoms with E-state index in [1.165, 1.54) is 7.11 Å². The molecule has 1 heterocycles. The third kappa shape index (κ3) is 3.59. The molecule has 0 aliphatic carbocycles. The Hall–Kier alpha value is -2.83. The first-order valence-electron chi connectivity index (χ1n) is 6.13. The van der Waals surface area contributed by atoms with Gasteiger partial charge < -0.3 is 19.6 Å². The minimum atomic E-state index is -0.992. The van der Waals surface area contributed by atoms with Crippen LogP contribution in [0.2, 0.25) is 0 Å². The highest BCUT2D eigenvalue weighted by Crippen LogP contribution is 2.20. The Labute approximate surface area is 120 Å². The van der Waals surface area contributed by atoms with Crippen molar-refractivity contribution >= 4 is 23.6 Å². The van der Waals surface area contributed by atoms with Crippen molar-refractivity contribution in [2.75, 3.05) is 12.4 Å². The number of aliphatic carboxylic acids is 1. The number of methoxy groups -OCH3 is 1. The van der Waals surface area contributed by atoms with Gasteiger partial charge in [-0.1, -0.05) is 6.07 Å². The van der Waals surface area contributed by atoms with Gasteiger partial charge in [0.15, 0.2) is 0 Å². The molecule has 0 radical (unpaired) electrons. The van der Waals surface area contributed by atoms with Gasteiger partial charge in [0.05, 0.1) is 18.4 Å². The Balaban J connectivity index is 2.18. The second-order valence-electron chi connectivity index (χ2n) is 4.30.